The summed E-state index contributed by atoms with van der Waals surface area (Å²) < 4.78 is 3.66. The minimum absolute atomic E-state index is 0.184. The number of aromatic amines is 1. The number of fused-ring (bicyclic) bond motifs is 1. The van der Waals surface area contributed by atoms with E-state index in [0.717, 1.165) is 33.8 Å². The minimum atomic E-state index is -0.184. The van der Waals surface area contributed by atoms with Crippen LogP contribution in [0.25, 0.3) is 10.9 Å². The van der Waals surface area contributed by atoms with Gasteiger partial charge in [0.1, 0.15) is 4.88 Å². The molecule has 0 aliphatic rings. The van der Waals surface area contributed by atoms with Crippen molar-refractivity contribution in [3.05, 3.63) is 41.0 Å². The lowest BCUT2D eigenvalue weighted by atomic mass is 10.2. The second-order valence-corrected chi connectivity index (χ2v) is 4.78. The van der Waals surface area contributed by atoms with Crippen molar-refractivity contribution < 1.29 is 4.79 Å². The van der Waals surface area contributed by atoms with Gasteiger partial charge in [-0.25, -0.2) is 0 Å². The lowest BCUT2D eigenvalue weighted by Crippen LogP contribution is -2.09. The van der Waals surface area contributed by atoms with E-state index >= 15 is 0 Å². The molecule has 18 heavy (non-hydrogen) atoms. The Morgan fingerprint density at radius 1 is 1.39 bits per heavy atom. The molecule has 90 valence electrons. The number of benzene rings is 1. The van der Waals surface area contributed by atoms with E-state index in [2.05, 4.69) is 19.9 Å². The summed E-state index contributed by atoms with van der Waals surface area (Å²) in [5.74, 6) is -0.184. The number of rotatable bonds is 2. The van der Waals surface area contributed by atoms with E-state index in [4.69, 9.17) is 0 Å². The summed E-state index contributed by atoms with van der Waals surface area (Å²) in [6.07, 6.45) is 1.46. The first kappa shape index (κ1) is 10.9. The van der Waals surface area contributed by atoms with Gasteiger partial charge in [-0.3, -0.25) is 4.79 Å². The van der Waals surface area contributed by atoms with Crippen LogP contribution < -0.4 is 5.32 Å². The van der Waals surface area contributed by atoms with Gasteiger partial charge in [0.05, 0.1) is 6.20 Å². The number of hydrogen-bond donors (Lipinski definition) is 2. The molecular formula is C12H10N4OS. The van der Waals surface area contributed by atoms with Crippen LogP contribution in [0.1, 0.15) is 15.4 Å². The summed E-state index contributed by atoms with van der Waals surface area (Å²) in [6, 6.07) is 7.79. The maximum atomic E-state index is 11.8. The van der Waals surface area contributed by atoms with Gasteiger partial charge in [0.2, 0.25) is 0 Å². The number of nitrogens with one attached hydrogen (secondary N) is 2. The molecule has 0 fully saturated rings. The van der Waals surface area contributed by atoms with Crippen LogP contribution in [-0.4, -0.2) is 20.5 Å². The Labute approximate surface area is 107 Å². The number of aryl methyl sites for hydroxylation is 1. The summed E-state index contributed by atoms with van der Waals surface area (Å²) >= 11 is 1.08. The Morgan fingerprint density at radius 2 is 2.28 bits per heavy atom. The average Bonchev–Trinajstić information content (AvgIpc) is 2.95. The molecule has 5 nitrogen and oxygen atoms in total. The molecule has 0 radical (unpaired) electrons. The van der Waals surface area contributed by atoms with Crippen molar-refractivity contribution in [1.82, 2.24) is 14.6 Å². The fourth-order valence-electron chi connectivity index (χ4n) is 1.82. The monoisotopic (exact) mass is 258 g/mol. The van der Waals surface area contributed by atoms with E-state index in [9.17, 15) is 4.79 Å². The van der Waals surface area contributed by atoms with Gasteiger partial charge in [-0.15, -0.1) is 5.10 Å². The van der Waals surface area contributed by atoms with Crippen LogP contribution in [0.15, 0.2) is 30.5 Å². The van der Waals surface area contributed by atoms with E-state index in [0.29, 0.717) is 4.88 Å². The Morgan fingerprint density at radius 3 is 3.06 bits per heavy atom. The maximum Gasteiger partial charge on any atom is 0.269 e. The average molecular weight is 258 g/mol. The SMILES string of the molecule is Cc1cc2cc(NC(=O)c3cnns3)ccc2[nH]1. The first-order valence-electron chi connectivity index (χ1n) is 5.40. The molecule has 0 aliphatic heterocycles. The summed E-state index contributed by atoms with van der Waals surface area (Å²) in [5, 5.41) is 7.54. The van der Waals surface area contributed by atoms with Crippen LogP contribution in [0.2, 0.25) is 0 Å². The zero-order valence-electron chi connectivity index (χ0n) is 9.60. The molecule has 0 saturated heterocycles. The van der Waals surface area contributed by atoms with Crippen LogP contribution in [0.3, 0.4) is 0 Å². The molecule has 0 spiro atoms. The highest BCUT2D eigenvalue weighted by atomic mass is 32.1. The number of anilines is 1. The predicted molar refractivity (Wildman–Crippen MR) is 70.9 cm³/mol. The number of nitrogens with zero attached hydrogens (tertiary/aromatic N) is 2. The van der Waals surface area contributed by atoms with Gasteiger partial charge in [0, 0.05) is 22.3 Å². The first-order chi connectivity index (χ1) is 8.72. The van der Waals surface area contributed by atoms with Crippen molar-refractivity contribution >= 4 is 34.0 Å². The third-order valence-corrected chi connectivity index (χ3v) is 3.26. The summed E-state index contributed by atoms with van der Waals surface area (Å²) in [4.78, 5) is 15.6. The summed E-state index contributed by atoms with van der Waals surface area (Å²) in [5.41, 5.74) is 2.92. The molecule has 3 aromatic rings. The van der Waals surface area contributed by atoms with Crippen molar-refractivity contribution in [2.75, 3.05) is 5.32 Å². The molecule has 0 bridgehead atoms. The van der Waals surface area contributed by atoms with Crippen LogP contribution in [0, 0.1) is 6.92 Å². The molecule has 3 rings (SSSR count). The molecule has 0 unspecified atom stereocenters. The Kier molecular flexibility index (Phi) is 2.56. The zero-order chi connectivity index (χ0) is 12.5. The van der Waals surface area contributed by atoms with Crippen LogP contribution in [0.5, 0.6) is 0 Å². The Bertz CT molecular complexity index is 702. The van der Waals surface area contributed by atoms with E-state index in [1.54, 1.807) is 0 Å². The van der Waals surface area contributed by atoms with Crippen molar-refractivity contribution in [3.63, 3.8) is 0 Å². The van der Waals surface area contributed by atoms with Gasteiger partial charge in [-0.05, 0) is 42.7 Å². The van der Waals surface area contributed by atoms with Gasteiger partial charge in [-0.1, -0.05) is 4.49 Å². The molecule has 1 aromatic carbocycles. The third-order valence-electron chi connectivity index (χ3n) is 2.60. The van der Waals surface area contributed by atoms with Crippen LogP contribution in [-0.2, 0) is 0 Å². The van der Waals surface area contributed by atoms with Crippen molar-refractivity contribution in [1.29, 1.82) is 0 Å². The van der Waals surface area contributed by atoms with Crippen molar-refractivity contribution in [2.45, 2.75) is 6.92 Å². The van der Waals surface area contributed by atoms with Crippen molar-refractivity contribution in [3.8, 4) is 0 Å². The molecular weight excluding hydrogens is 248 g/mol. The zero-order valence-corrected chi connectivity index (χ0v) is 10.4. The number of carbonyl (C=O) groups excluding carboxylic acids is 1. The van der Waals surface area contributed by atoms with Gasteiger partial charge in [-0.2, -0.15) is 0 Å². The van der Waals surface area contributed by atoms with E-state index in [1.165, 1.54) is 6.20 Å². The molecule has 2 N–H and O–H groups in total. The summed E-state index contributed by atoms with van der Waals surface area (Å²) in [6.45, 7) is 2.00. The van der Waals surface area contributed by atoms with E-state index < -0.39 is 0 Å². The molecule has 6 heteroatoms. The number of carbonyl (C=O) groups is 1. The topological polar surface area (TPSA) is 70.7 Å². The van der Waals surface area contributed by atoms with Gasteiger partial charge in [0.15, 0.2) is 0 Å². The Balaban J connectivity index is 1.88. The lowest BCUT2D eigenvalue weighted by Gasteiger charge is -2.02. The minimum Gasteiger partial charge on any atom is -0.359 e. The highest BCUT2D eigenvalue weighted by Gasteiger charge is 2.09. The molecule has 2 aromatic heterocycles. The standard InChI is InChI=1S/C12H10N4OS/c1-7-4-8-5-9(2-3-10(8)14-7)15-12(17)11-6-13-16-18-11/h2-6,14H,1H3,(H,15,17). The second-order valence-electron chi connectivity index (χ2n) is 3.99. The molecule has 1 amide bonds. The van der Waals surface area contributed by atoms with E-state index in [-0.39, 0.29) is 5.91 Å². The largest absolute Gasteiger partial charge is 0.359 e. The van der Waals surface area contributed by atoms with E-state index in [1.807, 2.05) is 31.2 Å². The highest BCUT2D eigenvalue weighted by Crippen LogP contribution is 2.20. The number of aromatic nitrogens is 3. The lowest BCUT2D eigenvalue weighted by molar-refractivity contribution is 0.103. The number of H-pyrrole nitrogens is 1. The fraction of sp³-hybridized carbons (Fsp3) is 0.0833. The maximum absolute atomic E-state index is 11.8. The highest BCUT2D eigenvalue weighted by molar-refractivity contribution is 7.07. The van der Waals surface area contributed by atoms with Crippen molar-refractivity contribution in [2.24, 2.45) is 0 Å². The fourth-order valence-corrected chi connectivity index (χ4v) is 2.23. The van der Waals surface area contributed by atoms with Gasteiger partial charge >= 0.3 is 0 Å². The number of amides is 1. The smallest absolute Gasteiger partial charge is 0.269 e. The third kappa shape index (κ3) is 1.98. The van der Waals surface area contributed by atoms with Gasteiger partial charge < -0.3 is 10.3 Å². The molecule has 0 atom stereocenters. The quantitative estimate of drug-likeness (QED) is 0.742. The predicted octanol–water partition coefficient (Wildman–Crippen LogP) is 2.58. The molecule has 0 aliphatic carbocycles. The molecule has 0 saturated carbocycles. The van der Waals surface area contributed by atoms with Crippen LogP contribution in [0.4, 0.5) is 5.69 Å². The Hall–Kier alpha value is -2.21. The normalized spacial score (nSPS) is 10.7. The summed E-state index contributed by atoms with van der Waals surface area (Å²) in [7, 11) is 0. The second kappa shape index (κ2) is 4.23. The van der Waals surface area contributed by atoms with Crippen LogP contribution >= 0.6 is 11.5 Å². The van der Waals surface area contributed by atoms with Gasteiger partial charge in [0.25, 0.3) is 5.91 Å². The molecule has 2 heterocycles. The first-order valence-corrected chi connectivity index (χ1v) is 6.18. The number of hydrogen-bond acceptors (Lipinski definition) is 4.